The zero-order valence-corrected chi connectivity index (χ0v) is 12.8. The Labute approximate surface area is 130 Å². The molecule has 2 rings (SSSR count). The van der Waals surface area contributed by atoms with Crippen LogP contribution < -0.4 is 11.1 Å². The number of unbranched alkanes of at least 4 members (excludes halogenated alkanes) is 1. The van der Waals surface area contributed by atoms with Gasteiger partial charge in [0.15, 0.2) is 0 Å². The number of hydrogen-bond acceptors (Lipinski definition) is 4. The van der Waals surface area contributed by atoms with Crippen LogP contribution in [0.4, 0.5) is 5.69 Å². The van der Waals surface area contributed by atoms with Crippen molar-refractivity contribution in [2.45, 2.75) is 25.7 Å². The second kappa shape index (κ2) is 7.75. The van der Waals surface area contributed by atoms with Crippen LogP contribution in [0.1, 0.15) is 30.4 Å². The van der Waals surface area contributed by atoms with Gasteiger partial charge in [0.2, 0.25) is 5.91 Å². The molecule has 0 radical (unpaired) electrons. The predicted octanol–water partition coefficient (Wildman–Crippen LogP) is 2.11. The molecule has 1 unspecified atom stereocenters. The molecule has 1 atom stereocenters. The van der Waals surface area contributed by atoms with E-state index in [0.717, 1.165) is 29.7 Å². The van der Waals surface area contributed by atoms with Crippen molar-refractivity contribution in [1.29, 1.82) is 0 Å². The van der Waals surface area contributed by atoms with Gasteiger partial charge in [-0.05, 0) is 43.0 Å². The number of amides is 1. The summed E-state index contributed by atoms with van der Waals surface area (Å²) in [6.45, 7) is 0.687. The molecule has 0 bridgehead atoms. The van der Waals surface area contributed by atoms with Crippen molar-refractivity contribution in [3.63, 3.8) is 0 Å². The van der Waals surface area contributed by atoms with E-state index in [2.05, 4.69) is 16.1 Å². The van der Waals surface area contributed by atoms with E-state index < -0.39 is 0 Å². The first-order valence-corrected chi connectivity index (χ1v) is 7.51. The van der Waals surface area contributed by atoms with Gasteiger partial charge in [-0.25, -0.2) is 0 Å². The number of carbonyl (C=O) groups is 2. The minimum absolute atomic E-state index is 0.114. The average Bonchev–Trinajstić information content (AvgIpc) is 2.52. The number of carbonyl (C=O) groups excluding carboxylic acids is 2. The molecule has 3 N–H and O–H groups in total. The Morgan fingerprint density at radius 1 is 1.50 bits per heavy atom. The Morgan fingerprint density at radius 2 is 2.32 bits per heavy atom. The molecule has 0 saturated carbocycles. The smallest absolute Gasteiger partial charge is 0.306 e. The topological polar surface area (TPSA) is 81.4 Å². The molecule has 1 aliphatic rings. The Morgan fingerprint density at radius 3 is 3.05 bits per heavy atom. The van der Waals surface area contributed by atoms with Gasteiger partial charge in [0.1, 0.15) is 0 Å². The van der Waals surface area contributed by atoms with Gasteiger partial charge in [-0.2, -0.15) is 0 Å². The van der Waals surface area contributed by atoms with Crippen molar-refractivity contribution >= 4 is 23.6 Å². The summed E-state index contributed by atoms with van der Waals surface area (Å²) in [5.74, 6) is -0.837. The number of methoxy groups -OCH3 is 1. The summed E-state index contributed by atoms with van der Waals surface area (Å²) in [5.41, 5.74) is 8.38. The van der Waals surface area contributed by atoms with Crippen LogP contribution in [0.3, 0.4) is 0 Å². The van der Waals surface area contributed by atoms with Crippen molar-refractivity contribution in [2.24, 2.45) is 11.7 Å². The fourth-order valence-corrected chi connectivity index (χ4v) is 2.49. The molecule has 1 aliphatic heterocycles. The summed E-state index contributed by atoms with van der Waals surface area (Å²) in [4.78, 5) is 23.4. The Balaban J connectivity index is 2.06. The summed E-state index contributed by atoms with van der Waals surface area (Å²) in [6, 6.07) is 5.98. The van der Waals surface area contributed by atoms with Crippen LogP contribution >= 0.6 is 0 Å². The van der Waals surface area contributed by atoms with Gasteiger partial charge in [0.05, 0.1) is 19.4 Å². The zero-order chi connectivity index (χ0) is 15.9. The van der Waals surface area contributed by atoms with Crippen LogP contribution in [0, 0.1) is 5.92 Å². The molecule has 0 aliphatic carbocycles. The first-order chi connectivity index (χ1) is 10.6. The molecule has 0 spiro atoms. The molecule has 1 heterocycles. The molecule has 118 valence electrons. The lowest BCUT2D eigenvalue weighted by molar-refractivity contribution is -0.143. The maximum atomic E-state index is 12.1. The van der Waals surface area contributed by atoms with Crippen LogP contribution in [0.5, 0.6) is 0 Å². The van der Waals surface area contributed by atoms with Gasteiger partial charge in [0.25, 0.3) is 0 Å². The Kier molecular flexibility index (Phi) is 5.72. The van der Waals surface area contributed by atoms with Crippen molar-refractivity contribution < 1.29 is 14.3 Å². The maximum absolute atomic E-state index is 12.1. The van der Waals surface area contributed by atoms with E-state index in [1.54, 1.807) is 0 Å². The lowest BCUT2D eigenvalue weighted by atomic mass is 9.90. The van der Waals surface area contributed by atoms with Gasteiger partial charge in [0, 0.05) is 5.69 Å². The number of allylic oxidation sites excluding steroid dienone is 1. The highest BCUT2D eigenvalue weighted by atomic mass is 16.5. The van der Waals surface area contributed by atoms with Gasteiger partial charge >= 0.3 is 5.97 Å². The Hall–Kier alpha value is -2.14. The molecule has 5 nitrogen and oxygen atoms in total. The van der Waals surface area contributed by atoms with Crippen LogP contribution in [0.25, 0.3) is 6.08 Å². The van der Waals surface area contributed by atoms with E-state index in [1.807, 2.05) is 24.3 Å². The van der Waals surface area contributed by atoms with Crippen molar-refractivity contribution in [3.05, 3.63) is 35.4 Å². The molecular formula is C17H22N2O3. The summed E-state index contributed by atoms with van der Waals surface area (Å²) in [7, 11) is 1.33. The second-order valence-corrected chi connectivity index (χ2v) is 5.42. The van der Waals surface area contributed by atoms with Crippen LogP contribution in [0.2, 0.25) is 0 Å². The molecule has 1 aromatic carbocycles. The van der Waals surface area contributed by atoms with Crippen LogP contribution in [0.15, 0.2) is 24.3 Å². The van der Waals surface area contributed by atoms with Gasteiger partial charge in [-0.15, -0.1) is 0 Å². The van der Waals surface area contributed by atoms with Gasteiger partial charge < -0.3 is 15.8 Å². The third-order valence-electron chi connectivity index (χ3n) is 3.75. The quantitative estimate of drug-likeness (QED) is 0.623. The fraction of sp³-hybridized carbons (Fsp3) is 0.412. The number of nitrogens with two attached hydrogens (primary N) is 1. The summed E-state index contributed by atoms with van der Waals surface area (Å²) < 4.78 is 4.64. The van der Waals surface area contributed by atoms with E-state index in [1.165, 1.54) is 7.11 Å². The van der Waals surface area contributed by atoms with E-state index >= 15 is 0 Å². The molecule has 0 aromatic heterocycles. The highest BCUT2D eigenvalue weighted by molar-refractivity contribution is 5.97. The molecule has 5 heteroatoms. The van der Waals surface area contributed by atoms with Crippen molar-refractivity contribution in [1.82, 2.24) is 0 Å². The average molecular weight is 302 g/mol. The van der Waals surface area contributed by atoms with Crippen molar-refractivity contribution in [3.8, 4) is 0 Å². The van der Waals surface area contributed by atoms with E-state index in [0.29, 0.717) is 13.0 Å². The normalized spacial score (nSPS) is 17.2. The third-order valence-corrected chi connectivity index (χ3v) is 3.75. The first kappa shape index (κ1) is 16.2. The third kappa shape index (κ3) is 4.18. The van der Waals surface area contributed by atoms with Gasteiger partial charge in [-0.3, -0.25) is 9.59 Å². The summed E-state index contributed by atoms with van der Waals surface area (Å²) in [6.07, 6.45) is 6.70. The van der Waals surface area contributed by atoms with Gasteiger partial charge in [-0.1, -0.05) is 24.3 Å². The Bertz CT molecular complexity index is 581. The van der Waals surface area contributed by atoms with E-state index in [4.69, 9.17) is 5.73 Å². The number of rotatable bonds is 6. The van der Waals surface area contributed by atoms with Crippen LogP contribution in [-0.2, 0) is 20.7 Å². The maximum Gasteiger partial charge on any atom is 0.306 e. The molecule has 0 fully saturated rings. The minimum atomic E-state index is -0.358. The molecule has 1 aromatic rings. The lowest BCUT2D eigenvalue weighted by Gasteiger charge is -2.24. The first-order valence-electron chi connectivity index (χ1n) is 7.51. The number of esters is 1. The number of anilines is 1. The molecule has 1 amide bonds. The minimum Gasteiger partial charge on any atom is -0.469 e. The van der Waals surface area contributed by atoms with E-state index in [9.17, 15) is 9.59 Å². The SMILES string of the molecule is COC(=O)CC1Cc2ccc(/C=C/CCCN)cc2NC1=O. The zero-order valence-electron chi connectivity index (χ0n) is 12.8. The highest BCUT2D eigenvalue weighted by Gasteiger charge is 2.28. The summed E-state index contributed by atoms with van der Waals surface area (Å²) >= 11 is 0. The number of ether oxygens (including phenoxy) is 1. The largest absolute Gasteiger partial charge is 0.469 e. The predicted molar refractivity (Wildman–Crippen MR) is 86.2 cm³/mol. The molecule has 22 heavy (non-hydrogen) atoms. The number of fused-ring (bicyclic) bond motifs is 1. The number of hydrogen-bond donors (Lipinski definition) is 2. The molecule has 0 saturated heterocycles. The molecular weight excluding hydrogens is 280 g/mol. The number of benzene rings is 1. The highest BCUT2D eigenvalue weighted by Crippen LogP contribution is 2.28. The second-order valence-electron chi connectivity index (χ2n) is 5.42. The monoisotopic (exact) mass is 302 g/mol. The van der Waals surface area contributed by atoms with Crippen molar-refractivity contribution in [2.75, 3.05) is 19.0 Å². The number of nitrogens with one attached hydrogen (secondary N) is 1. The summed E-state index contributed by atoms with van der Waals surface area (Å²) in [5, 5.41) is 2.88. The standard InChI is InChI=1S/C17H22N2O3/c1-22-16(20)11-14-10-13-7-6-12(5-3-2-4-8-18)9-15(13)19-17(14)21/h3,5-7,9,14H,2,4,8,10-11,18H2,1H3,(H,19,21)/b5-3+. The van der Waals surface area contributed by atoms with Crippen LogP contribution in [-0.4, -0.2) is 25.5 Å². The lowest BCUT2D eigenvalue weighted by Crippen LogP contribution is -2.31. The fourth-order valence-electron chi connectivity index (χ4n) is 2.49. The van der Waals surface area contributed by atoms with E-state index in [-0.39, 0.29) is 24.2 Å².